The molecule has 2 atom stereocenters. The number of hydrogen-bond acceptors (Lipinski definition) is 2. The van der Waals surface area contributed by atoms with Gasteiger partial charge in [-0.05, 0) is 30.9 Å². The summed E-state index contributed by atoms with van der Waals surface area (Å²) >= 11 is 3.65. The van der Waals surface area contributed by atoms with Gasteiger partial charge < -0.3 is 5.32 Å². The van der Waals surface area contributed by atoms with E-state index < -0.39 is 5.82 Å². The van der Waals surface area contributed by atoms with Gasteiger partial charge in [0.2, 0.25) is 0 Å². The summed E-state index contributed by atoms with van der Waals surface area (Å²) in [4.78, 5) is 16.0. The minimum atomic E-state index is -0.431. The molecule has 0 bridgehead atoms. The second-order valence-corrected chi connectivity index (χ2v) is 5.81. The fraction of sp³-hybridized carbons (Fsp3) is 0.538. The van der Waals surface area contributed by atoms with E-state index in [2.05, 4.69) is 26.2 Å². The summed E-state index contributed by atoms with van der Waals surface area (Å²) in [7, 11) is 0. The van der Waals surface area contributed by atoms with Gasteiger partial charge in [-0.25, -0.2) is 9.37 Å². The molecule has 18 heavy (non-hydrogen) atoms. The minimum Gasteiger partial charge on any atom is -0.350 e. The van der Waals surface area contributed by atoms with Crippen molar-refractivity contribution < 1.29 is 9.18 Å². The molecule has 1 aliphatic carbocycles. The summed E-state index contributed by atoms with van der Waals surface area (Å²) in [5.41, 5.74) is 0.262. The number of carbonyl (C=O) groups is 1. The fourth-order valence-corrected chi connectivity index (χ4v) is 2.99. The molecule has 0 aliphatic heterocycles. The van der Waals surface area contributed by atoms with Crippen LogP contribution in [0.2, 0.25) is 0 Å². The van der Waals surface area contributed by atoms with Gasteiger partial charge in [0.25, 0.3) is 5.91 Å². The standard InChI is InChI=1S/C13H16BrFN2O/c14-11-4-2-1-3-9(11)7-17-13(18)12-6-5-10(15)8-16-12/h5-6,8-9,11H,1-4,7H2,(H,17,18). The van der Waals surface area contributed by atoms with Gasteiger partial charge in [0.1, 0.15) is 11.5 Å². The lowest BCUT2D eigenvalue weighted by molar-refractivity contribution is 0.0939. The quantitative estimate of drug-likeness (QED) is 0.872. The third kappa shape index (κ3) is 3.51. The normalized spacial score (nSPS) is 23.7. The molecule has 0 radical (unpaired) electrons. The highest BCUT2D eigenvalue weighted by atomic mass is 79.9. The van der Waals surface area contributed by atoms with Crippen molar-refractivity contribution in [2.24, 2.45) is 5.92 Å². The molecule has 1 aromatic rings. The Balaban J connectivity index is 1.86. The first-order valence-electron chi connectivity index (χ1n) is 6.20. The first kappa shape index (κ1) is 13.5. The van der Waals surface area contributed by atoms with Crippen LogP contribution in [0.3, 0.4) is 0 Å². The summed E-state index contributed by atoms with van der Waals surface area (Å²) < 4.78 is 12.7. The number of halogens is 2. The van der Waals surface area contributed by atoms with Crippen LogP contribution in [0.4, 0.5) is 4.39 Å². The van der Waals surface area contributed by atoms with Gasteiger partial charge in [0.05, 0.1) is 6.20 Å². The third-order valence-corrected chi connectivity index (χ3v) is 4.51. The van der Waals surface area contributed by atoms with E-state index in [1.54, 1.807) is 0 Å². The predicted octanol–water partition coefficient (Wildman–Crippen LogP) is 2.90. The van der Waals surface area contributed by atoms with Crippen molar-refractivity contribution in [2.75, 3.05) is 6.54 Å². The molecule has 1 heterocycles. The highest BCUT2D eigenvalue weighted by molar-refractivity contribution is 9.09. The maximum absolute atomic E-state index is 12.7. The summed E-state index contributed by atoms with van der Waals surface area (Å²) in [5, 5.41) is 2.86. The van der Waals surface area contributed by atoms with Crippen molar-refractivity contribution in [3.63, 3.8) is 0 Å². The number of nitrogens with one attached hydrogen (secondary N) is 1. The molecule has 2 rings (SSSR count). The van der Waals surface area contributed by atoms with Crippen LogP contribution in [-0.4, -0.2) is 22.3 Å². The van der Waals surface area contributed by atoms with Gasteiger partial charge in [0.15, 0.2) is 0 Å². The first-order valence-corrected chi connectivity index (χ1v) is 7.12. The SMILES string of the molecule is O=C(NCC1CCCCC1Br)c1ccc(F)cn1. The van der Waals surface area contributed by atoms with Crippen molar-refractivity contribution in [3.05, 3.63) is 29.8 Å². The van der Waals surface area contributed by atoms with Crippen molar-refractivity contribution in [2.45, 2.75) is 30.5 Å². The smallest absolute Gasteiger partial charge is 0.269 e. The second-order valence-electron chi connectivity index (χ2n) is 4.63. The Labute approximate surface area is 114 Å². The Morgan fingerprint density at radius 3 is 2.89 bits per heavy atom. The largest absolute Gasteiger partial charge is 0.350 e. The van der Waals surface area contributed by atoms with E-state index in [1.807, 2.05) is 0 Å². The maximum atomic E-state index is 12.7. The van der Waals surface area contributed by atoms with Gasteiger partial charge in [-0.1, -0.05) is 28.8 Å². The number of hydrogen-bond donors (Lipinski definition) is 1. The molecule has 0 saturated heterocycles. The van der Waals surface area contributed by atoms with E-state index in [9.17, 15) is 9.18 Å². The molecular weight excluding hydrogens is 299 g/mol. The summed E-state index contributed by atoms with van der Waals surface area (Å²) in [6.07, 6.45) is 5.82. The molecule has 0 aromatic carbocycles. The molecule has 1 aromatic heterocycles. The molecule has 1 N–H and O–H groups in total. The molecule has 1 saturated carbocycles. The minimum absolute atomic E-state index is 0.236. The molecule has 1 fully saturated rings. The number of pyridine rings is 1. The van der Waals surface area contributed by atoms with E-state index in [1.165, 1.54) is 25.0 Å². The lowest BCUT2D eigenvalue weighted by Crippen LogP contribution is -2.34. The molecule has 1 amide bonds. The van der Waals surface area contributed by atoms with Crippen LogP contribution in [0.15, 0.2) is 18.3 Å². The third-order valence-electron chi connectivity index (χ3n) is 3.30. The molecule has 98 valence electrons. The highest BCUT2D eigenvalue weighted by Crippen LogP contribution is 2.29. The van der Waals surface area contributed by atoms with E-state index in [-0.39, 0.29) is 11.6 Å². The number of carbonyl (C=O) groups excluding carboxylic acids is 1. The average molecular weight is 315 g/mol. The Morgan fingerprint density at radius 2 is 2.22 bits per heavy atom. The van der Waals surface area contributed by atoms with Crippen molar-refractivity contribution >= 4 is 21.8 Å². The molecule has 1 aliphatic rings. The van der Waals surface area contributed by atoms with Crippen LogP contribution in [-0.2, 0) is 0 Å². The number of amides is 1. The van der Waals surface area contributed by atoms with E-state index in [0.29, 0.717) is 17.3 Å². The number of nitrogens with zero attached hydrogens (tertiary/aromatic N) is 1. The van der Waals surface area contributed by atoms with Crippen molar-refractivity contribution in [1.82, 2.24) is 10.3 Å². The summed E-state index contributed by atoms with van der Waals surface area (Å²) in [6, 6.07) is 2.65. The Hall–Kier alpha value is -0.970. The van der Waals surface area contributed by atoms with Crippen LogP contribution < -0.4 is 5.32 Å². The molecule has 5 heteroatoms. The van der Waals surface area contributed by atoms with Gasteiger partial charge in [-0.2, -0.15) is 0 Å². The molecule has 3 nitrogen and oxygen atoms in total. The van der Waals surface area contributed by atoms with Gasteiger partial charge in [-0.3, -0.25) is 4.79 Å². The van der Waals surface area contributed by atoms with Crippen LogP contribution in [0.5, 0.6) is 0 Å². The van der Waals surface area contributed by atoms with Crippen LogP contribution in [0.25, 0.3) is 0 Å². The molecule has 2 unspecified atom stereocenters. The Bertz CT molecular complexity index is 410. The first-order chi connectivity index (χ1) is 8.66. The number of rotatable bonds is 3. The zero-order valence-corrected chi connectivity index (χ0v) is 11.6. The maximum Gasteiger partial charge on any atom is 0.269 e. The monoisotopic (exact) mass is 314 g/mol. The number of aromatic nitrogens is 1. The Kier molecular flexibility index (Phi) is 4.69. The lowest BCUT2D eigenvalue weighted by Gasteiger charge is -2.27. The van der Waals surface area contributed by atoms with E-state index >= 15 is 0 Å². The van der Waals surface area contributed by atoms with Gasteiger partial charge in [0, 0.05) is 11.4 Å². The predicted molar refractivity (Wildman–Crippen MR) is 71.2 cm³/mol. The second kappa shape index (κ2) is 6.27. The van der Waals surface area contributed by atoms with Gasteiger partial charge >= 0.3 is 0 Å². The zero-order valence-electron chi connectivity index (χ0n) is 10.0. The van der Waals surface area contributed by atoms with Gasteiger partial charge in [-0.15, -0.1) is 0 Å². The lowest BCUT2D eigenvalue weighted by atomic mass is 9.89. The van der Waals surface area contributed by atoms with E-state index in [4.69, 9.17) is 0 Å². The molecule has 0 spiro atoms. The fourth-order valence-electron chi connectivity index (χ4n) is 2.22. The van der Waals surface area contributed by atoms with Crippen LogP contribution in [0.1, 0.15) is 36.2 Å². The summed E-state index contributed by atoms with van der Waals surface area (Å²) in [6.45, 7) is 0.647. The van der Waals surface area contributed by atoms with Crippen molar-refractivity contribution in [1.29, 1.82) is 0 Å². The average Bonchev–Trinajstić information content (AvgIpc) is 2.38. The highest BCUT2D eigenvalue weighted by Gasteiger charge is 2.23. The summed E-state index contributed by atoms with van der Waals surface area (Å²) in [5.74, 6) is -0.192. The van der Waals surface area contributed by atoms with E-state index in [0.717, 1.165) is 19.0 Å². The van der Waals surface area contributed by atoms with Crippen LogP contribution in [0, 0.1) is 11.7 Å². The van der Waals surface area contributed by atoms with Crippen molar-refractivity contribution in [3.8, 4) is 0 Å². The molecular formula is C13H16BrFN2O. The Morgan fingerprint density at radius 1 is 1.44 bits per heavy atom. The topological polar surface area (TPSA) is 42.0 Å². The number of alkyl halides is 1. The zero-order chi connectivity index (χ0) is 13.0. The van der Waals surface area contributed by atoms with Crippen LogP contribution >= 0.6 is 15.9 Å².